The van der Waals surface area contributed by atoms with Gasteiger partial charge in [0.05, 0.1) is 19.1 Å². The molecule has 2 aromatic carbocycles. The summed E-state index contributed by atoms with van der Waals surface area (Å²) in [5, 5.41) is 3.79. The molecule has 0 bridgehead atoms. The summed E-state index contributed by atoms with van der Waals surface area (Å²) < 4.78 is 31.4. The SMILES string of the molecule is CCCCNC(=O)[C@H](CC)N(Cc1ccc(Cl)cc1Cl)C(=O)CCCN(c1ccc(OC)cc1)S(C)(=O)=O. The fraction of sp³-hybridized carbons (Fsp3) is 0.481. The van der Waals surface area contributed by atoms with Crippen molar-refractivity contribution in [2.75, 3.05) is 30.8 Å². The Kier molecular flexibility index (Phi) is 12.7. The van der Waals surface area contributed by atoms with E-state index in [4.69, 9.17) is 27.9 Å². The summed E-state index contributed by atoms with van der Waals surface area (Å²) in [6, 6.07) is 11.0. The smallest absolute Gasteiger partial charge is 0.242 e. The molecule has 0 aliphatic carbocycles. The minimum absolute atomic E-state index is 0.0477. The van der Waals surface area contributed by atoms with Gasteiger partial charge < -0.3 is 15.0 Å². The molecule has 0 radical (unpaired) electrons. The second kappa shape index (κ2) is 15.2. The third kappa shape index (κ3) is 9.36. The van der Waals surface area contributed by atoms with E-state index in [1.807, 2.05) is 13.8 Å². The Bertz CT molecular complexity index is 1180. The summed E-state index contributed by atoms with van der Waals surface area (Å²) in [5.41, 5.74) is 1.15. The molecule has 0 spiro atoms. The summed E-state index contributed by atoms with van der Waals surface area (Å²) in [4.78, 5) is 28.0. The summed E-state index contributed by atoms with van der Waals surface area (Å²) >= 11 is 12.4. The summed E-state index contributed by atoms with van der Waals surface area (Å²) in [7, 11) is -2.05. The lowest BCUT2D eigenvalue weighted by molar-refractivity contribution is -0.141. The Morgan fingerprint density at radius 3 is 2.29 bits per heavy atom. The molecule has 0 saturated carbocycles. The predicted octanol–water partition coefficient (Wildman–Crippen LogP) is 5.27. The number of nitrogens with one attached hydrogen (secondary N) is 1. The Morgan fingerprint density at radius 1 is 1.05 bits per heavy atom. The van der Waals surface area contributed by atoms with Crippen molar-refractivity contribution in [3.05, 3.63) is 58.1 Å². The van der Waals surface area contributed by atoms with Crippen LogP contribution in [0.25, 0.3) is 0 Å². The lowest BCUT2D eigenvalue weighted by Crippen LogP contribution is -2.49. The van der Waals surface area contributed by atoms with Gasteiger partial charge in [0, 0.05) is 36.1 Å². The van der Waals surface area contributed by atoms with Crippen LogP contribution in [-0.4, -0.2) is 57.6 Å². The van der Waals surface area contributed by atoms with Crippen LogP contribution in [0.3, 0.4) is 0 Å². The van der Waals surface area contributed by atoms with Gasteiger partial charge in [0.15, 0.2) is 0 Å². The quantitative estimate of drug-likeness (QED) is 0.287. The number of methoxy groups -OCH3 is 1. The summed E-state index contributed by atoms with van der Waals surface area (Å²) in [6.45, 7) is 4.64. The molecular formula is C27H37Cl2N3O5S. The van der Waals surface area contributed by atoms with Crippen molar-refractivity contribution in [2.45, 2.75) is 58.5 Å². The molecule has 1 N–H and O–H groups in total. The molecule has 0 aliphatic rings. The van der Waals surface area contributed by atoms with Gasteiger partial charge >= 0.3 is 0 Å². The van der Waals surface area contributed by atoms with Crippen molar-refractivity contribution in [2.24, 2.45) is 0 Å². The van der Waals surface area contributed by atoms with Crippen LogP contribution in [0, 0.1) is 0 Å². The zero-order chi connectivity index (χ0) is 28.3. The minimum Gasteiger partial charge on any atom is -0.497 e. The van der Waals surface area contributed by atoms with Crippen molar-refractivity contribution in [1.29, 1.82) is 0 Å². The van der Waals surface area contributed by atoms with Crippen molar-refractivity contribution in [3.8, 4) is 5.75 Å². The van der Waals surface area contributed by atoms with E-state index in [1.165, 1.54) is 16.3 Å². The molecule has 2 amide bonds. The number of amides is 2. The molecule has 0 aromatic heterocycles. The Hall–Kier alpha value is -2.49. The number of sulfonamides is 1. The van der Waals surface area contributed by atoms with E-state index < -0.39 is 16.1 Å². The third-order valence-electron chi connectivity index (χ3n) is 6.08. The number of carbonyl (C=O) groups is 2. The third-order valence-corrected chi connectivity index (χ3v) is 7.86. The average Bonchev–Trinajstić information content (AvgIpc) is 2.87. The predicted molar refractivity (Wildman–Crippen MR) is 153 cm³/mol. The van der Waals surface area contributed by atoms with E-state index in [-0.39, 0.29) is 37.7 Å². The number of rotatable bonds is 15. The molecule has 11 heteroatoms. The highest BCUT2D eigenvalue weighted by Gasteiger charge is 2.29. The molecule has 1 atom stereocenters. The number of benzene rings is 2. The molecule has 0 fully saturated rings. The fourth-order valence-corrected chi connectivity index (χ4v) is 5.45. The molecule has 38 heavy (non-hydrogen) atoms. The second-order valence-electron chi connectivity index (χ2n) is 8.96. The standard InChI is InChI=1S/C27H37Cl2N3O5S/c1-5-7-16-30-27(34)25(6-2)31(19-20-10-11-21(28)18-24(20)29)26(33)9-8-17-32(38(4,35)36)22-12-14-23(37-3)15-13-22/h10-15,18,25H,5-9,16-17,19H2,1-4H3,(H,30,34)/t25-/m0/s1. The van der Waals surface area contributed by atoms with Gasteiger partial charge in [-0.3, -0.25) is 13.9 Å². The molecule has 2 rings (SSSR count). The van der Waals surface area contributed by atoms with Crippen molar-refractivity contribution < 1.29 is 22.7 Å². The number of carbonyl (C=O) groups excluding carboxylic acids is 2. The van der Waals surface area contributed by atoms with Crippen LogP contribution in [-0.2, 0) is 26.2 Å². The molecule has 0 heterocycles. The molecule has 0 aliphatic heterocycles. The normalized spacial score (nSPS) is 12.1. The molecule has 2 aromatic rings. The monoisotopic (exact) mass is 585 g/mol. The molecular weight excluding hydrogens is 549 g/mol. The van der Waals surface area contributed by atoms with Crippen LogP contribution in [0.15, 0.2) is 42.5 Å². The van der Waals surface area contributed by atoms with Crippen molar-refractivity contribution in [1.82, 2.24) is 10.2 Å². The van der Waals surface area contributed by atoms with Crippen molar-refractivity contribution >= 4 is 50.7 Å². The Labute approximate surface area is 236 Å². The van der Waals surface area contributed by atoms with Crippen LogP contribution in [0.2, 0.25) is 10.0 Å². The second-order valence-corrected chi connectivity index (χ2v) is 11.7. The number of hydrogen-bond acceptors (Lipinski definition) is 5. The van der Waals surface area contributed by atoms with Crippen LogP contribution in [0.5, 0.6) is 5.75 Å². The first-order chi connectivity index (χ1) is 18.0. The Balaban J connectivity index is 2.22. The maximum Gasteiger partial charge on any atom is 0.242 e. The number of unbranched alkanes of at least 4 members (excludes halogenated alkanes) is 1. The number of halogens is 2. The zero-order valence-electron chi connectivity index (χ0n) is 22.4. The van der Waals surface area contributed by atoms with E-state index in [0.717, 1.165) is 19.1 Å². The van der Waals surface area contributed by atoms with E-state index in [0.29, 0.717) is 40.0 Å². The Morgan fingerprint density at radius 2 is 1.74 bits per heavy atom. The van der Waals surface area contributed by atoms with Gasteiger partial charge in [-0.2, -0.15) is 0 Å². The summed E-state index contributed by atoms with van der Waals surface area (Å²) in [5.74, 6) is 0.115. The van der Waals surface area contributed by atoms with E-state index >= 15 is 0 Å². The highest BCUT2D eigenvalue weighted by molar-refractivity contribution is 7.92. The van der Waals surface area contributed by atoms with Crippen LogP contribution >= 0.6 is 23.2 Å². The van der Waals surface area contributed by atoms with E-state index in [2.05, 4.69) is 5.32 Å². The molecule has 210 valence electrons. The average molecular weight is 587 g/mol. The lowest BCUT2D eigenvalue weighted by Gasteiger charge is -2.31. The van der Waals surface area contributed by atoms with Crippen LogP contribution < -0.4 is 14.4 Å². The number of nitrogens with zero attached hydrogens (tertiary/aromatic N) is 2. The highest BCUT2D eigenvalue weighted by atomic mass is 35.5. The maximum absolute atomic E-state index is 13.5. The van der Waals surface area contributed by atoms with Crippen LogP contribution in [0.4, 0.5) is 5.69 Å². The van der Waals surface area contributed by atoms with Crippen molar-refractivity contribution in [3.63, 3.8) is 0 Å². The van der Waals surface area contributed by atoms with Gasteiger partial charge in [-0.15, -0.1) is 0 Å². The van der Waals surface area contributed by atoms with Gasteiger partial charge in [0.25, 0.3) is 0 Å². The van der Waals surface area contributed by atoms with E-state index in [1.54, 1.807) is 42.5 Å². The molecule has 8 nitrogen and oxygen atoms in total. The van der Waals surface area contributed by atoms with Gasteiger partial charge in [-0.05, 0) is 61.2 Å². The van der Waals surface area contributed by atoms with E-state index in [9.17, 15) is 18.0 Å². The molecule has 0 unspecified atom stereocenters. The first-order valence-corrected chi connectivity index (χ1v) is 15.2. The highest BCUT2D eigenvalue weighted by Crippen LogP contribution is 2.25. The number of ether oxygens (including phenoxy) is 1. The molecule has 0 saturated heterocycles. The fourth-order valence-electron chi connectivity index (χ4n) is 4.01. The number of hydrogen-bond donors (Lipinski definition) is 1. The van der Waals surface area contributed by atoms with Crippen LogP contribution in [0.1, 0.15) is 51.5 Å². The van der Waals surface area contributed by atoms with Gasteiger partial charge in [0.2, 0.25) is 21.8 Å². The van der Waals surface area contributed by atoms with Gasteiger partial charge in [-0.1, -0.05) is 49.5 Å². The van der Waals surface area contributed by atoms with Gasteiger partial charge in [0.1, 0.15) is 11.8 Å². The summed E-state index contributed by atoms with van der Waals surface area (Å²) in [6.07, 6.45) is 3.62. The topological polar surface area (TPSA) is 96.0 Å². The zero-order valence-corrected chi connectivity index (χ0v) is 24.7. The minimum atomic E-state index is -3.59. The lowest BCUT2D eigenvalue weighted by atomic mass is 10.1. The first kappa shape index (κ1) is 31.7. The maximum atomic E-state index is 13.5. The number of anilines is 1. The first-order valence-electron chi connectivity index (χ1n) is 12.6. The largest absolute Gasteiger partial charge is 0.497 e. The van der Waals surface area contributed by atoms with Gasteiger partial charge in [-0.25, -0.2) is 8.42 Å².